The van der Waals surface area contributed by atoms with Gasteiger partial charge in [-0.2, -0.15) is 5.10 Å². The van der Waals surface area contributed by atoms with Crippen molar-refractivity contribution < 1.29 is 9.47 Å². The van der Waals surface area contributed by atoms with Crippen LogP contribution in [-0.2, 0) is 22.5 Å². The Hall–Kier alpha value is -1.72. The minimum absolute atomic E-state index is 0.365. The summed E-state index contributed by atoms with van der Waals surface area (Å²) >= 11 is 0. The zero-order valence-corrected chi connectivity index (χ0v) is 12.1. The van der Waals surface area contributed by atoms with Gasteiger partial charge in [0.15, 0.2) is 5.82 Å². The number of hydrogen-bond donors (Lipinski definition) is 1. The van der Waals surface area contributed by atoms with Crippen molar-refractivity contribution in [2.45, 2.75) is 31.8 Å². The van der Waals surface area contributed by atoms with E-state index < -0.39 is 0 Å². The summed E-state index contributed by atoms with van der Waals surface area (Å²) in [5, 5.41) is 7.31. The van der Waals surface area contributed by atoms with Crippen LogP contribution in [0.2, 0.25) is 0 Å². The maximum absolute atomic E-state index is 5.67. The van der Waals surface area contributed by atoms with E-state index in [9.17, 15) is 0 Å². The zero-order valence-electron chi connectivity index (χ0n) is 12.1. The zero-order chi connectivity index (χ0) is 14.3. The number of aryl methyl sites for hydroxylation is 1. The number of aromatic nitrogens is 3. The topological polar surface area (TPSA) is 60.0 Å². The Morgan fingerprint density at radius 3 is 3.00 bits per heavy atom. The summed E-state index contributed by atoms with van der Waals surface area (Å²) in [4.78, 5) is 4.55. The summed E-state index contributed by atoms with van der Waals surface area (Å²) in [5.74, 6) is 2.21. The van der Waals surface area contributed by atoms with Crippen LogP contribution in [0.4, 0.5) is 0 Å². The third-order valence-electron chi connectivity index (χ3n) is 3.66. The van der Waals surface area contributed by atoms with Crippen molar-refractivity contribution in [3.05, 3.63) is 47.5 Å². The van der Waals surface area contributed by atoms with Crippen molar-refractivity contribution in [2.75, 3.05) is 19.8 Å². The second-order valence-corrected chi connectivity index (χ2v) is 5.34. The first-order chi connectivity index (χ1) is 10.4. The number of nitrogens with one attached hydrogen (secondary N) is 1. The van der Waals surface area contributed by atoms with Crippen LogP contribution in [0.5, 0.6) is 0 Å². The molecule has 0 saturated carbocycles. The lowest BCUT2D eigenvalue weighted by Gasteiger charge is -2.03. The molecule has 1 unspecified atom stereocenters. The number of nitrogens with zero attached hydrogens (tertiary/aromatic N) is 2. The van der Waals surface area contributed by atoms with Crippen LogP contribution in [0.15, 0.2) is 30.3 Å². The summed E-state index contributed by atoms with van der Waals surface area (Å²) in [6, 6.07) is 10.2. The molecule has 0 aliphatic carbocycles. The molecule has 1 N–H and O–H groups in total. The van der Waals surface area contributed by atoms with Gasteiger partial charge in [-0.05, 0) is 18.4 Å². The van der Waals surface area contributed by atoms with Gasteiger partial charge in [-0.1, -0.05) is 30.3 Å². The molecule has 112 valence electrons. The molecule has 1 aromatic carbocycles. The normalized spacial score (nSPS) is 18.2. The van der Waals surface area contributed by atoms with Crippen LogP contribution in [-0.4, -0.2) is 35.0 Å². The molecule has 0 amide bonds. The standard InChI is InChI=1S/C16H21N3O2/c1-2-5-13(6-3-1)11-20-9-4-7-15-17-16(19-18-15)14-8-10-21-12-14/h1-3,5-6,14H,4,7-12H2,(H,17,18,19). The van der Waals surface area contributed by atoms with Crippen molar-refractivity contribution >= 4 is 0 Å². The Kier molecular flexibility index (Phi) is 4.97. The van der Waals surface area contributed by atoms with Gasteiger partial charge in [0, 0.05) is 25.6 Å². The Balaban J connectivity index is 1.35. The quantitative estimate of drug-likeness (QED) is 0.795. The van der Waals surface area contributed by atoms with Gasteiger partial charge >= 0.3 is 0 Å². The van der Waals surface area contributed by atoms with E-state index in [0.717, 1.165) is 50.7 Å². The largest absolute Gasteiger partial charge is 0.381 e. The van der Waals surface area contributed by atoms with Crippen molar-refractivity contribution in [1.82, 2.24) is 15.2 Å². The van der Waals surface area contributed by atoms with Crippen molar-refractivity contribution in [1.29, 1.82) is 0 Å². The summed E-state index contributed by atoms with van der Waals surface area (Å²) < 4.78 is 11.0. The van der Waals surface area contributed by atoms with Crippen LogP contribution < -0.4 is 0 Å². The lowest BCUT2D eigenvalue weighted by Crippen LogP contribution is -2.01. The molecule has 1 saturated heterocycles. The van der Waals surface area contributed by atoms with Crippen LogP contribution in [0, 0.1) is 0 Å². The van der Waals surface area contributed by atoms with Gasteiger partial charge in [0.25, 0.3) is 0 Å². The molecule has 3 rings (SSSR count). The second kappa shape index (κ2) is 7.33. The van der Waals surface area contributed by atoms with Crippen LogP contribution in [0.3, 0.4) is 0 Å². The van der Waals surface area contributed by atoms with E-state index in [4.69, 9.17) is 9.47 Å². The first-order valence-corrected chi connectivity index (χ1v) is 7.52. The molecule has 0 bridgehead atoms. The van der Waals surface area contributed by atoms with Gasteiger partial charge in [-0.3, -0.25) is 5.10 Å². The van der Waals surface area contributed by atoms with Crippen molar-refractivity contribution in [3.8, 4) is 0 Å². The lowest BCUT2D eigenvalue weighted by molar-refractivity contribution is 0.118. The minimum atomic E-state index is 0.365. The van der Waals surface area contributed by atoms with Gasteiger partial charge in [0.05, 0.1) is 13.2 Å². The molecule has 5 heteroatoms. The maximum atomic E-state index is 5.67. The van der Waals surface area contributed by atoms with Gasteiger partial charge in [0.1, 0.15) is 5.82 Å². The Morgan fingerprint density at radius 2 is 2.19 bits per heavy atom. The highest BCUT2D eigenvalue weighted by Gasteiger charge is 2.21. The molecule has 0 radical (unpaired) electrons. The number of aromatic amines is 1. The van der Waals surface area contributed by atoms with E-state index in [-0.39, 0.29) is 0 Å². The molecule has 2 heterocycles. The number of ether oxygens (including phenoxy) is 2. The molecule has 1 aromatic heterocycles. The monoisotopic (exact) mass is 287 g/mol. The van der Waals surface area contributed by atoms with Gasteiger partial charge < -0.3 is 9.47 Å². The number of rotatable bonds is 7. The lowest BCUT2D eigenvalue weighted by atomic mass is 10.1. The Morgan fingerprint density at radius 1 is 1.29 bits per heavy atom. The van der Waals surface area contributed by atoms with E-state index in [2.05, 4.69) is 27.3 Å². The van der Waals surface area contributed by atoms with Gasteiger partial charge in [-0.15, -0.1) is 0 Å². The Labute approximate surface area is 124 Å². The number of hydrogen-bond acceptors (Lipinski definition) is 4. The average Bonchev–Trinajstić information content (AvgIpc) is 3.19. The number of benzene rings is 1. The molecule has 1 aliphatic heterocycles. The molecular formula is C16H21N3O2. The predicted molar refractivity (Wildman–Crippen MR) is 79.0 cm³/mol. The fourth-order valence-corrected chi connectivity index (χ4v) is 2.45. The first kappa shape index (κ1) is 14.2. The highest BCUT2D eigenvalue weighted by Crippen LogP contribution is 2.21. The second-order valence-electron chi connectivity index (χ2n) is 5.34. The third-order valence-corrected chi connectivity index (χ3v) is 3.66. The van der Waals surface area contributed by atoms with Crippen LogP contribution >= 0.6 is 0 Å². The molecular weight excluding hydrogens is 266 g/mol. The van der Waals surface area contributed by atoms with E-state index in [1.54, 1.807) is 0 Å². The Bertz CT molecular complexity index is 535. The summed E-state index contributed by atoms with van der Waals surface area (Å²) in [7, 11) is 0. The van der Waals surface area contributed by atoms with E-state index >= 15 is 0 Å². The third kappa shape index (κ3) is 4.12. The fraction of sp³-hybridized carbons (Fsp3) is 0.500. The summed E-state index contributed by atoms with van der Waals surface area (Å²) in [6.45, 7) is 2.97. The highest BCUT2D eigenvalue weighted by molar-refractivity contribution is 5.13. The smallest absolute Gasteiger partial charge is 0.156 e. The molecule has 1 fully saturated rings. The molecule has 1 aliphatic rings. The first-order valence-electron chi connectivity index (χ1n) is 7.52. The van der Waals surface area contributed by atoms with E-state index in [1.807, 2.05) is 18.2 Å². The van der Waals surface area contributed by atoms with Gasteiger partial charge in [0.2, 0.25) is 0 Å². The molecule has 21 heavy (non-hydrogen) atoms. The molecule has 2 aromatic rings. The summed E-state index contributed by atoms with van der Waals surface area (Å²) in [5.41, 5.74) is 1.21. The number of H-pyrrole nitrogens is 1. The summed E-state index contributed by atoms with van der Waals surface area (Å²) in [6.07, 6.45) is 2.84. The highest BCUT2D eigenvalue weighted by atomic mass is 16.5. The van der Waals surface area contributed by atoms with E-state index in [1.165, 1.54) is 5.56 Å². The van der Waals surface area contributed by atoms with Gasteiger partial charge in [-0.25, -0.2) is 4.98 Å². The fourth-order valence-electron chi connectivity index (χ4n) is 2.45. The van der Waals surface area contributed by atoms with Crippen LogP contribution in [0.25, 0.3) is 0 Å². The predicted octanol–water partition coefficient (Wildman–Crippen LogP) is 2.46. The maximum Gasteiger partial charge on any atom is 0.156 e. The van der Waals surface area contributed by atoms with Crippen LogP contribution in [0.1, 0.15) is 36.0 Å². The van der Waals surface area contributed by atoms with Crippen molar-refractivity contribution in [2.24, 2.45) is 0 Å². The molecule has 0 spiro atoms. The van der Waals surface area contributed by atoms with Crippen molar-refractivity contribution in [3.63, 3.8) is 0 Å². The van der Waals surface area contributed by atoms with E-state index in [0.29, 0.717) is 12.5 Å². The SMILES string of the molecule is c1ccc(COCCCc2nc(C3CCOC3)n[nH]2)cc1. The minimum Gasteiger partial charge on any atom is -0.381 e. The molecule has 5 nitrogen and oxygen atoms in total. The average molecular weight is 287 g/mol. The molecule has 1 atom stereocenters.